The minimum Gasteiger partial charge on any atom is -0.354 e. The average molecular weight is 432 g/mol. The van der Waals surface area contributed by atoms with E-state index in [-0.39, 0.29) is 5.69 Å². The number of halogens is 1. The number of pyridine rings is 1. The lowest BCUT2D eigenvalue weighted by atomic mass is 9.86. The molecule has 1 aliphatic rings. The molecule has 0 aliphatic heterocycles. The van der Waals surface area contributed by atoms with Crippen molar-refractivity contribution >= 4 is 23.0 Å². The number of imidazole rings is 1. The number of nitrogens with one attached hydrogen (secondary N) is 2. The lowest BCUT2D eigenvalue weighted by Crippen LogP contribution is -2.29. The van der Waals surface area contributed by atoms with Crippen LogP contribution in [0.15, 0.2) is 61.1 Å². The maximum atomic E-state index is 14.7. The summed E-state index contributed by atoms with van der Waals surface area (Å²) >= 11 is 0. The van der Waals surface area contributed by atoms with Crippen LogP contribution in [0.2, 0.25) is 0 Å². The van der Waals surface area contributed by atoms with Gasteiger partial charge in [-0.3, -0.25) is 4.40 Å². The molecule has 32 heavy (non-hydrogen) atoms. The summed E-state index contributed by atoms with van der Waals surface area (Å²) in [5, 5.41) is 6.63. The van der Waals surface area contributed by atoms with Crippen LogP contribution in [-0.4, -0.2) is 31.9 Å². The summed E-state index contributed by atoms with van der Waals surface area (Å²) in [5.74, 6) is 0.474. The molecule has 0 spiro atoms. The molecule has 3 aromatic heterocycles. The number of fused-ring (bicyclic) bond motifs is 1. The Labute approximate surface area is 185 Å². The summed E-state index contributed by atoms with van der Waals surface area (Å²) in [5.41, 5.74) is 9.34. The minimum absolute atomic E-state index is 0.220. The van der Waals surface area contributed by atoms with Gasteiger partial charge in [0.05, 0.1) is 23.8 Å². The predicted octanol–water partition coefficient (Wildman–Crippen LogP) is 4.60. The quantitative estimate of drug-likeness (QED) is 0.413. The Morgan fingerprint density at radius 1 is 0.969 bits per heavy atom. The second-order valence-corrected chi connectivity index (χ2v) is 8.33. The first kappa shape index (κ1) is 20.4. The third-order valence-corrected chi connectivity index (χ3v) is 6.00. The summed E-state index contributed by atoms with van der Waals surface area (Å²) in [4.78, 5) is 13.0. The first-order chi connectivity index (χ1) is 15.7. The molecular formula is C24H26FN7. The smallest absolute Gasteiger partial charge is 0.223 e. The van der Waals surface area contributed by atoms with E-state index in [1.807, 2.05) is 53.1 Å². The van der Waals surface area contributed by atoms with Crippen LogP contribution in [0.5, 0.6) is 0 Å². The largest absolute Gasteiger partial charge is 0.354 e. The van der Waals surface area contributed by atoms with Crippen LogP contribution in [0, 0.1) is 11.7 Å². The second-order valence-electron chi connectivity index (χ2n) is 8.33. The zero-order valence-corrected chi connectivity index (χ0v) is 17.7. The van der Waals surface area contributed by atoms with Crippen molar-refractivity contribution in [2.45, 2.75) is 31.7 Å². The van der Waals surface area contributed by atoms with E-state index in [1.165, 1.54) is 6.20 Å². The lowest BCUT2D eigenvalue weighted by Gasteiger charge is -2.26. The van der Waals surface area contributed by atoms with Gasteiger partial charge in [0.15, 0.2) is 5.82 Å². The highest BCUT2D eigenvalue weighted by Gasteiger charge is 2.19. The molecule has 1 saturated carbocycles. The van der Waals surface area contributed by atoms with E-state index in [0.29, 0.717) is 29.2 Å². The topological polar surface area (TPSA) is 93.2 Å². The minimum atomic E-state index is -0.484. The Morgan fingerprint density at radius 3 is 2.59 bits per heavy atom. The maximum Gasteiger partial charge on any atom is 0.223 e. The highest BCUT2D eigenvalue weighted by molar-refractivity contribution is 5.66. The van der Waals surface area contributed by atoms with Gasteiger partial charge in [0.25, 0.3) is 0 Å². The van der Waals surface area contributed by atoms with Crippen LogP contribution in [0.3, 0.4) is 0 Å². The number of nitrogens with two attached hydrogens (primary N) is 1. The van der Waals surface area contributed by atoms with Crippen LogP contribution in [-0.2, 0) is 0 Å². The van der Waals surface area contributed by atoms with Crippen molar-refractivity contribution in [3.05, 3.63) is 66.9 Å². The molecule has 0 amide bonds. The van der Waals surface area contributed by atoms with Gasteiger partial charge in [-0.05, 0) is 55.9 Å². The van der Waals surface area contributed by atoms with Crippen molar-refractivity contribution in [3.63, 3.8) is 0 Å². The standard InChI is InChI=1S/C24H26FN7/c25-20-13-29-24(28-12-16-6-8-17(26)9-7-16)31-23(20)21-14-27-22-11-10-19(15-32(21)22)30-18-4-2-1-3-5-18/h1-5,10-11,13-17,30H,6-9,12,26H2,(H,28,29,31). The third-order valence-electron chi connectivity index (χ3n) is 6.00. The van der Waals surface area contributed by atoms with Crippen molar-refractivity contribution in [2.24, 2.45) is 11.7 Å². The lowest BCUT2D eigenvalue weighted by molar-refractivity contribution is 0.338. The third kappa shape index (κ3) is 4.40. The van der Waals surface area contributed by atoms with Crippen LogP contribution < -0.4 is 16.4 Å². The van der Waals surface area contributed by atoms with E-state index in [2.05, 4.69) is 25.6 Å². The zero-order valence-electron chi connectivity index (χ0n) is 17.7. The predicted molar refractivity (Wildman–Crippen MR) is 124 cm³/mol. The van der Waals surface area contributed by atoms with Gasteiger partial charge >= 0.3 is 0 Å². The number of hydrogen-bond acceptors (Lipinski definition) is 6. The number of aromatic nitrogens is 4. The number of benzene rings is 1. The molecule has 0 saturated heterocycles. The molecule has 7 nitrogen and oxygen atoms in total. The highest BCUT2D eigenvalue weighted by Crippen LogP contribution is 2.26. The van der Waals surface area contributed by atoms with Gasteiger partial charge in [-0.15, -0.1) is 0 Å². The SMILES string of the molecule is NC1CCC(CNc2ncc(F)c(-c3cnc4ccc(Nc5ccccc5)cn34)n2)CC1. The number of nitrogens with zero attached hydrogens (tertiary/aromatic N) is 4. The van der Waals surface area contributed by atoms with Crippen LogP contribution in [0.1, 0.15) is 25.7 Å². The Bertz CT molecular complexity index is 1200. The second kappa shape index (κ2) is 8.92. The van der Waals surface area contributed by atoms with Gasteiger partial charge in [0.2, 0.25) is 5.95 Å². The number of para-hydroxylation sites is 1. The van der Waals surface area contributed by atoms with Gasteiger partial charge in [-0.1, -0.05) is 18.2 Å². The Balaban J connectivity index is 1.39. The van der Waals surface area contributed by atoms with Gasteiger partial charge in [0, 0.05) is 24.5 Å². The molecule has 0 unspecified atom stereocenters. The van der Waals surface area contributed by atoms with Crippen molar-refractivity contribution in [2.75, 3.05) is 17.2 Å². The Morgan fingerprint density at radius 2 is 1.78 bits per heavy atom. The fourth-order valence-electron chi connectivity index (χ4n) is 4.18. The van der Waals surface area contributed by atoms with E-state index in [4.69, 9.17) is 5.73 Å². The molecule has 0 atom stereocenters. The zero-order chi connectivity index (χ0) is 21.9. The fraction of sp³-hybridized carbons (Fsp3) is 0.292. The summed E-state index contributed by atoms with van der Waals surface area (Å²) in [6.45, 7) is 0.760. The molecule has 5 rings (SSSR count). The number of rotatable bonds is 6. The molecular weight excluding hydrogens is 405 g/mol. The first-order valence-electron chi connectivity index (χ1n) is 11.0. The van der Waals surface area contributed by atoms with Crippen LogP contribution >= 0.6 is 0 Å². The van der Waals surface area contributed by atoms with E-state index >= 15 is 0 Å². The summed E-state index contributed by atoms with van der Waals surface area (Å²) < 4.78 is 16.6. The van der Waals surface area contributed by atoms with Gasteiger partial charge < -0.3 is 16.4 Å². The molecule has 1 fully saturated rings. The van der Waals surface area contributed by atoms with Crippen molar-refractivity contribution in [3.8, 4) is 11.4 Å². The van der Waals surface area contributed by atoms with E-state index < -0.39 is 5.82 Å². The van der Waals surface area contributed by atoms with Gasteiger partial charge in [-0.2, -0.15) is 0 Å². The van der Waals surface area contributed by atoms with Crippen molar-refractivity contribution in [1.29, 1.82) is 0 Å². The van der Waals surface area contributed by atoms with E-state index in [9.17, 15) is 4.39 Å². The Hall–Kier alpha value is -3.52. The van der Waals surface area contributed by atoms with Crippen molar-refractivity contribution < 1.29 is 4.39 Å². The molecule has 0 radical (unpaired) electrons. The first-order valence-corrected chi connectivity index (χ1v) is 11.0. The monoisotopic (exact) mass is 431 g/mol. The molecule has 3 heterocycles. The normalized spacial score (nSPS) is 18.6. The van der Waals surface area contributed by atoms with Gasteiger partial charge in [-0.25, -0.2) is 19.3 Å². The molecule has 1 aromatic carbocycles. The summed E-state index contributed by atoms with van der Waals surface area (Å²) in [7, 11) is 0. The van der Waals surface area contributed by atoms with E-state index in [0.717, 1.165) is 43.6 Å². The molecule has 0 bridgehead atoms. The Kier molecular flexibility index (Phi) is 5.68. The van der Waals surface area contributed by atoms with Crippen LogP contribution in [0.4, 0.5) is 21.7 Å². The molecule has 4 aromatic rings. The van der Waals surface area contributed by atoms with Crippen LogP contribution in [0.25, 0.3) is 17.0 Å². The summed E-state index contributed by atoms with van der Waals surface area (Å²) in [6, 6.07) is 14.0. The van der Waals surface area contributed by atoms with Gasteiger partial charge in [0.1, 0.15) is 11.3 Å². The average Bonchev–Trinajstić information content (AvgIpc) is 3.23. The van der Waals surface area contributed by atoms with Crippen molar-refractivity contribution in [1.82, 2.24) is 19.4 Å². The fourth-order valence-corrected chi connectivity index (χ4v) is 4.18. The molecule has 8 heteroatoms. The molecule has 1 aliphatic carbocycles. The maximum absolute atomic E-state index is 14.7. The highest BCUT2D eigenvalue weighted by atomic mass is 19.1. The number of hydrogen-bond donors (Lipinski definition) is 3. The summed E-state index contributed by atoms with van der Waals surface area (Å²) in [6.07, 6.45) is 9.02. The van der Waals surface area contributed by atoms with E-state index in [1.54, 1.807) is 6.20 Å². The number of anilines is 3. The molecule has 164 valence electrons. The molecule has 4 N–H and O–H groups in total.